The van der Waals surface area contributed by atoms with Crippen molar-refractivity contribution in [3.8, 4) is 0 Å². The predicted octanol–water partition coefficient (Wildman–Crippen LogP) is 5.13. The zero-order valence-corrected chi connectivity index (χ0v) is 21.9. The topological polar surface area (TPSA) is 99.0 Å². The fourth-order valence-electron chi connectivity index (χ4n) is 3.53. The molecule has 1 rings (SSSR count). The van der Waals surface area contributed by atoms with E-state index >= 15 is 0 Å². The molecule has 0 spiro atoms. The second-order valence-electron chi connectivity index (χ2n) is 9.50. The standard InChI is InChI=1S/C24H40F3N5O3/c1-8-18(15-29-7)13-20(17(3)28)21(31-16(2)14-30-22(33)35-23(4,5)6)32-11-9-19(10-12-32)34-24(25,26)27/h15,19,28-29H,8-14H2,1-7H3,(H,30,33)/b18-15-,21-20+,28-17?,31-16+. The molecule has 1 aliphatic heterocycles. The van der Waals surface area contributed by atoms with Crippen LogP contribution in [0.5, 0.6) is 0 Å². The average molecular weight is 504 g/mol. The van der Waals surface area contributed by atoms with Crippen molar-refractivity contribution in [2.45, 2.75) is 85.3 Å². The summed E-state index contributed by atoms with van der Waals surface area (Å²) >= 11 is 0. The van der Waals surface area contributed by atoms with Gasteiger partial charge >= 0.3 is 12.5 Å². The number of halogens is 3. The van der Waals surface area contributed by atoms with Crippen molar-refractivity contribution in [3.63, 3.8) is 0 Å². The Bertz CT molecular complexity index is 821. The minimum atomic E-state index is -4.67. The molecule has 8 nitrogen and oxygen atoms in total. The summed E-state index contributed by atoms with van der Waals surface area (Å²) in [5.74, 6) is 0.530. The normalized spacial score (nSPS) is 17.1. The van der Waals surface area contributed by atoms with Gasteiger partial charge in [0.2, 0.25) is 0 Å². The van der Waals surface area contributed by atoms with Gasteiger partial charge in [0.1, 0.15) is 11.4 Å². The van der Waals surface area contributed by atoms with E-state index < -0.39 is 24.2 Å². The largest absolute Gasteiger partial charge is 0.522 e. The summed E-state index contributed by atoms with van der Waals surface area (Å²) in [6, 6.07) is 0. The molecule has 1 amide bonds. The summed E-state index contributed by atoms with van der Waals surface area (Å²) in [4.78, 5) is 18.7. The Morgan fingerprint density at radius 1 is 1.20 bits per heavy atom. The number of rotatable bonds is 10. The van der Waals surface area contributed by atoms with Crippen LogP contribution >= 0.6 is 0 Å². The number of carbonyl (C=O) groups excluding carboxylic acids is 1. The van der Waals surface area contributed by atoms with E-state index in [2.05, 4.69) is 15.4 Å². The summed E-state index contributed by atoms with van der Waals surface area (Å²) in [6.45, 7) is 11.5. The van der Waals surface area contributed by atoms with E-state index in [1.807, 2.05) is 18.0 Å². The predicted molar refractivity (Wildman–Crippen MR) is 132 cm³/mol. The van der Waals surface area contributed by atoms with Crippen molar-refractivity contribution >= 4 is 17.5 Å². The van der Waals surface area contributed by atoms with Gasteiger partial charge in [-0.15, -0.1) is 13.2 Å². The van der Waals surface area contributed by atoms with Gasteiger partial charge in [0.15, 0.2) is 0 Å². The quantitative estimate of drug-likeness (QED) is 0.359. The minimum absolute atomic E-state index is 0.128. The van der Waals surface area contributed by atoms with Crippen LogP contribution in [0.1, 0.15) is 67.2 Å². The van der Waals surface area contributed by atoms with Crippen LogP contribution < -0.4 is 10.6 Å². The highest BCUT2D eigenvalue weighted by Gasteiger charge is 2.35. The van der Waals surface area contributed by atoms with E-state index in [9.17, 15) is 18.0 Å². The third-order valence-corrected chi connectivity index (χ3v) is 5.16. The lowest BCUT2D eigenvalue weighted by molar-refractivity contribution is -0.345. The Hall–Kier alpha value is -2.56. The maximum absolute atomic E-state index is 12.7. The Morgan fingerprint density at radius 3 is 2.26 bits per heavy atom. The molecular weight excluding hydrogens is 463 g/mol. The molecule has 1 saturated heterocycles. The SMILES string of the molecule is CC/C(=C/NC)C/C(C(C)=N)=C(/N=C(\C)CNC(=O)OC(C)(C)C)N1CCC(OC(F)(F)F)CC1. The number of alkyl halides is 3. The first-order valence-corrected chi connectivity index (χ1v) is 11.8. The number of likely N-dealkylation sites (tertiary alicyclic amines) is 1. The molecule has 0 aromatic heterocycles. The number of carbonyl (C=O) groups is 1. The lowest BCUT2D eigenvalue weighted by Crippen LogP contribution is -2.39. The minimum Gasteiger partial charge on any atom is -0.444 e. The zero-order valence-electron chi connectivity index (χ0n) is 21.9. The van der Waals surface area contributed by atoms with Gasteiger partial charge in [0.05, 0.1) is 12.6 Å². The Kier molecular flexibility index (Phi) is 11.8. The second kappa shape index (κ2) is 13.5. The molecule has 1 heterocycles. The lowest BCUT2D eigenvalue weighted by atomic mass is 9.99. The summed E-state index contributed by atoms with van der Waals surface area (Å²) in [6.07, 6.45) is -2.67. The molecule has 35 heavy (non-hydrogen) atoms. The molecule has 0 aromatic carbocycles. The molecule has 1 fully saturated rings. The van der Waals surface area contributed by atoms with Crippen LogP contribution in [-0.4, -0.2) is 67.2 Å². The van der Waals surface area contributed by atoms with Gasteiger partial charge in [-0.05, 0) is 60.1 Å². The number of aliphatic imine (C=N–C) groups is 1. The number of hydrogen-bond acceptors (Lipinski definition) is 7. The van der Waals surface area contributed by atoms with Crippen LogP contribution in [0.2, 0.25) is 0 Å². The number of nitrogens with zero attached hydrogens (tertiary/aromatic N) is 2. The summed E-state index contributed by atoms with van der Waals surface area (Å²) in [5, 5.41) is 14.1. The van der Waals surface area contributed by atoms with Gasteiger partial charge < -0.3 is 25.7 Å². The Labute approximate surface area is 206 Å². The van der Waals surface area contributed by atoms with Crippen molar-refractivity contribution in [1.82, 2.24) is 15.5 Å². The van der Waals surface area contributed by atoms with Crippen molar-refractivity contribution in [2.24, 2.45) is 4.99 Å². The van der Waals surface area contributed by atoms with Crippen molar-refractivity contribution in [2.75, 3.05) is 26.7 Å². The van der Waals surface area contributed by atoms with Crippen LogP contribution in [0, 0.1) is 5.41 Å². The lowest BCUT2D eigenvalue weighted by Gasteiger charge is -2.35. The van der Waals surface area contributed by atoms with Crippen LogP contribution in [-0.2, 0) is 9.47 Å². The monoisotopic (exact) mass is 503 g/mol. The molecule has 11 heteroatoms. The Balaban J connectivity index is 3.23. The number of ether oxygens (including phenoxy) is 2. The average Bonchev–Trinajstić information content (AvgIpc) is 2.72. The van der Waals surface area contributed by atoms with E-state index in [1.165, 1.54) is 0 Å². The van der Waals surface area contributed by atoms with Crippen molar-refractivity contribution in [3.05, 3.63) is 23.2 Å². The smallest absolute Gasteiger partial charge is 0.444 e. The van der Waals surface area contributed by atoms with E-state index in [0.29, 0.717) is 42.3 Å². The van der Waals surface area contributed by atoms with Gasteiger partial charge in [-0.1, -0.05) is 12.5 Å². The second-order valence-corrected chi connectivity index (χ2v) is 9.50. The summed E-state index contributed by atoms with van der Waals surface area (Å²) < 4.78 is 47.4. The van der Waals surface area contributed by atoms with Gasteiger partial charge in [-0.25, -0.2) is 9.79 Å². The van der Waals surface area contributed by atoms with Gasteiger partial charge in [0, 0.05) is 43.6 Å². The van der Waals surface area contributed by atoms with Crippen LogP contribution in [0.3, 0.4) is 0 Å². The van der Waals surface area contributed by atoms with E-state index in [1.54, 1.807) is 41.7 Å². The van der Waals surface area contributed by atoms with E-state index in [4.69, 9.17) is 15.1 Å². The zero-order chi connectivity index (χ0) is 26.8. The molecule has 0 radical (unpaired) electrons. The maximum atomic E-state index is 12.7. The highest BCUT2D eigenvalue weighted by molar-refractivity contribution is 5.97. The molecule has 0 unspecified atom stereocenters. The molecule has 0 saturated carbocycles. The number of piperidine rings is 1. The van der Waals surface area contributed by atoms with Crippen LogP contribution in [0.15, 0.2) is 28.2 Å². The maximum Gasteiger partial charge on any atom is 0.522 e. The molecule has 200 valence electrons. The number of hydrogen-bond donors (Lipinski definition) is 3. The number of alkyl carbamates (subject to hydrolysis) is 1. The van der Waals surface area contributed by atoms with Crippen LogP contribution in [0.25, 0.3) is 0 Å². The molecule has 0 bridgehead atoms. The first-order chi connectivity index (χ1) is 16.1. The first kappa shape index (κ1) is 30.5. The summed E-state index contributed by atoms with van der Waals surface area (Å²) in [7, 11) is 1.80. The molecule has 0 atom stereocenters. The van der Waals surface area contributed by atoms with E-state index in [0.717, 1.165) is 12.0 Å². The molecular formula is C24H40F3N5O3. The fraction of sp³-hybridized carbons (Fsp3) is 0.708. The number of allylic oxidation sites excluding steroid dienone is 2. The third-order valence-electron chi connectivity index (χ3n) is 5.16. The van der Waals surface area contributed by atoms with Crippen LogP contribution in [0.4, 0.5) is 18.0 Å². The molecule has 0 aromatic rings. The van der Waals surface area contributed by atoms with Gasteiger partial charge in [-0.3, -0.25) is 4.74 Å². The van der Waals surface area contributed by atoms with Gasteiger partial charge in [-0.2, -0.15) is 0 Å². The van der Waals surface area contributed by atoms with Crippen molar-refractivity contribution < 1.29 is 27.4 Å². The van der Waals surface area contributed by atoms with Crippen molar-refractivity contribution in [1.29, 1.82) is 5.41 Å². The van der Waals surface area contributed by atoms with E-state index in [-0.39, 0.29) is 19.4 Å². The molecule has 1 aliphatic rings. The fourth-order valence-corrected chi connectivity index (χ4v) is 3.53. The number of nitrogens with one attached hydrogen (secondary N) is 3. The first-order valence-electron chi connectivity index (χ1n) is 11.8. The molecule has 0 aliphatic carbocycles. The number of amides is 1. The Morgan fingerprint density at radius 2 is 1.80 bits per heavy atom. The highest BCUT2D eigenvalue weighted by atomic mass is 19.4. The summed E-state index contributed by atoms with van der Waals surface area (Å²) in [5.41, 5.74) is 2.00. The highest BCUT2D eigenvalue weighted by Crippen LogP contribution is 2.29. The molecule has 3 N–H and O–H groups in total. The third kappa shape index (κ3) is 12.1. The van der Waals surface area contributed by atoms with Gasteiger partial charge in [0.25, 0.3) is 0 Å².